The van der Waals surface area contributed by atoms with Crippen LogP contribution in [0.4, 0.5) is 0 Å². The molecule has 18 heavy (non-hydrogen) atoms. The van der Waals surface area contributed by atoms with Gasteiger partial charge >= 0.3 is 5.97 Å². The highest BCUT2D eigenvalue weighted by molar-refractivity contribution is 5.70. The molecule has 3 atom stereocenters. The third-order valence-corrected chi connectivity index (χ3v) is 3.99. The van der Waals surface area contributed by atoms with Gasteiger partial charge in [-0.2, -0.15) is 0 Å². The number of carbonyl (C=O) groups excluding carboxylic acids is 1. The van der Waals surface area contributed by atoms with Crippen molar-refractivity contribution in [1.29, 1.82) is 0 Å². The molecule has 0 spiro atoms. The van der Waals surface area contributed by atoms with Gasteiger partial charge < -0.3 is 9.47 Å². The topological polar surface area (TPSA) is 35.5 Å². The number of carbonyl (C=O) groups is 1. The van der Waals surface area contributed by atoms with Gasteiger partial charge in [0.1, 0.15) is 5.60 Å². The van der Waals surface area contributed by atoms with Gasteiger partial charge in [0.15, 0.2) is 0 Å². The Labute approximate surface area is 111 Å². The van der Waals surface area contributed by atoms with Crippen molar-refractivity contribution in [3.63, 3.8) is 0 Å². The van der Waals surface area contributed by atoms with Gasteiger partial charge in [-0.3, -0.25) is 4.79 Å². The van der Waals surface area contributed by atoms with Crippen LogP contribution in [0.5, 0.6) is 0 Å². The summed E-state index contributed by atoms with van der Waals surface area (Å²) in [6.45, 7) is 10.2. The number of rotatable bonds is 6. The molecule has 1 saturated heterocycles. The van der Waals surface area contributed by atoms with E-state index in [1.165, 1.54) is 0 Å². The summed E-state index contributed by atoms with van der Waals surface area (Å²) in [5.74, 6) is 0.255. The fourth-order valence-electron chi connectivity index (χ4n) is 2.45. The first-order valence-corrected chi connectivity index (χ1v) is 7.29. The number of ether oxygens (including phenoxy) is 2. The summed E-state index contributed by atoms with van der Waals surface area (Å²) < 4.78 is 11.4. The van der Waals surface area contributed by atoms with E-state index < -0.39 is 0 Å². The molecule has 1 heterocycles. The summed E-state index contributed by atoms with van der Waals surface area (Å²) in [4.78, 5) is 12.0. The van der Waals surface area contributed by atoms with E-state index in [1.54, 1.807) is 0 Å². The van der Waals surface area contributed by atoms with Crippen molar-refractivity contribution in [3.05, 3.63) is 0 Å². The minimum Gasteiger partial charge on any atom is -0.460 e. The summed E-state index contributed by atoms with van der Waals surface area (Å²) in [7, 11) is 0. The van der Waals surface area contributed by atoms with Crippen LogP contribution in [0, 0.1) is 5.92 Å². The average Bonchev–Trinajstić information content (AvgIpc) is 2.70. The molecule has 3 unspecified atom stereocenters. The molecule has 0 aliphatic carbocycles. The quantitative estimate of drug-likeness (QED) is 0.680. The van der Waals surface area contributed by atoms with Crippen molar-refractivity contribution >= 4 is 5.97 Å². The molecule has 0 N–H and O–H groups in total. The Morgan fingerprint density at radius 1 is 1.28 bits per heavy atom. The fraction of sp³-hybridized carbons (Fsp3) is 0.933. The highest BCUT2D eigenvalue weighted by Gasteiger charge is 2.35. The molecule has 0 aromatic rings. The smallest absolute Gasteiger partial charge is 0.306 e. The van der Waals surface area contributed by atoms with E-state index in [9.17, 15) is 4.79 Å². The zero-order valence-corrected chi connectivity index (χ0v) is 12.5. The van der Waals surface area contributed by atoms with Gasteiger partial charge in [0, 0.05) is 0 Å². The van der Waals surface area contributed by atoms with E-state index in [-0.39, 0.29) is 17.7 Å². The lowest BCUT2D eigenvalue weighted by molar-refractivity contribution is -0.158. The Kier molecular flexibility index (Phi) is 5.64. The molecule has 0 aromatic heterocycles. The lowest BCUT2D eigenvalue weighted by Crippen LogP contribution is -2.29. The zero-order valence-electron chi connectivity index (χ0n) is 12.5. The van der Waals surface area contributed by atoms with Gasteiger partial charge in [0.05, 0.1) is 18.6 Å². The molecule has 3 nitrogen and oxygen atoms in total. The molecule has 0 radical (unpaired) electrons. The van der Waals surface area contributed by atoms with Crippen LogP contribution >= 0.6 is 0 Å². The van der Waals surface area contributed by atoms with Crippen LogP contribution in [0.15, 0.2) is 0 Å². The van der Waals surface area contributed by atoms with Crippen LogP contribution in [-0.2, 0) is 14.3 Å². The fourth-order valence-corrected chi connectivity index (χ4v) is 2.45. The minimum atomic E-state index is -0.345. The zero-order chi connectivity index (χ0) is 13.8. The molecule has 106 valence electrons. The maximum Gasteiger partial charge on any atom is 0.306 e. The molecule has 1 fully saturated rings. The molecule has 3 heteroatoms. The largest absolute Gasteiger partial charge is 0.460 e. The first-order valence-electron chi connectivity index (χ1n) is 7.29. The summed E-state index contributed by atoms with van der Waals surface area (Å²) in [6.07, 6.45) is 4.90. The van der Waals surface area contributed by atoms with Gasteiger partial charge in [-0.15, -0.1) is 0 Å². The van der Waals surface area contributed by atoms with Crippen LogP contribution in [0.25, 0.3) is 0 Å². The normalized spacial score (nSPS) is 28.4. The maximum absolute atomic E-state index is 12.0. The average molecular weight is 256 g/mol. The van der Waals surface area contributed by atoms with E-state index in [0.29, 0.717) is 18.4 Å². The second-order valence-corrected chi connectivity index (χ2v) is 5.90. The van der Waals surface area contributed by atoms with E-state index in [2.05, 4.69) is 13.8 Å². The van der Waals surface area contributed by atoms with Crippen LogP contribution in [0.1, 0.15) is 66.7 Å². The predicted octanol–water partition coefficient (Wildman–Crippen LogP) is 3.70. The van der Waals surface area contributed by atoms with Crippen LogP contribution in [-0.4, -0.2) is 23.8 Å². The highest BCUT2D eigenvalue weighted by Crippen LogP contribution is 2.33. The molecule has 1 aliphatic heterocycles. The Morgan fingerprint density at radius 2 is 1.94 bits per heavy atom. The van der Waals surface area contributed by atoms with Crippen molar-refractivity contribution in [3.8, 4) is 0 Å². The second kappa shape index (κ2) is 6.55. The van der Waals surface area contributed by atoms with E-state index >= 15 is 0 Å². The molecule has 0 saturated carbocycles. The molecule has 1 rings (SSSR count). The van der Waals surface area contributed by atoms with E-state index in [1.807, 2.05) is 20.8 Å². The number of hydrogen-bond acceptors (Lipinski definition) is 3. The Morgan fingerprint density at radius 3 is 2.44 bits per heavy atom. The minimum absolute atomic E-state index is 0.0781. The Balaban J connectivity index is 2.48. The molecule has 1 aliphatic rings. The molecule has 0 bridgehead atoms. The molecular formula is C15H28O3. The Hall–Kier alpha value is -0.570. The van der Waals surface area contributed by atoms with Crippen molar-refractivity contribution < 1.29 is 14.3 Å². The van der Waals surface area contributed by atoms with Crippen molar-refractivity contribution in [1.82, 2.24) is 0 Å². The monoisotopic (exact) mass is 256 g/mol. The molecular weight excluding hydrogens is 228 g/mol. The van der Waals surface area contributed by atoms with Crippen LogP contribution < -0.4 is 0 Å². The second-order valence-electron chi connectivity index (χ2n) is 5.90. The predicted molar refractivity (Wildman–Crippen MR) is 72.4 cm³/mol. The van der Waals surface area contributed by atoms with Crippen LogP contribution in [0.2, 0.25) is 0 Å². The third-order valence-electron chi connectivity index (χ3n) is 3.99. The summed E-state index contributed by atoms with van der Waals surface area (Å²) in [5.41, 5.74) is -0.345. The van der Waals surface area contributed by atoms with E-state index in [0.717, 1.165) is 25.7 Å². The highest BCUT2D eigenvalue weighted by atomic mass is 16.6. The molecule has 0 aromatic carbocycles. The summed E-state index contributed by atoms with van der Waals surface area (Å²) in [6, 6.07) is 0. The lowest BCUT2D eigenvalue weighted by atomic mass is 9.93. The van der Waals surface area contributed by atoms with Gasteiger partial charge in [-0.05, 0) is 45.4 Å². The number of esters is 1. The number of hydrogen-bond donors (Lipinski definition) is 0. The standard InChI is InChI=1S/C15H28O3/c1-6-12-9-11(13(7-2)17-12)10-14(16)18-15(4,5)8-3/h11-13H,6-10H2,1-5H3. The SMILES string of the molecule is CCC1CC(CC(=O)OC(C)(C)CC)C(CC)O1. The first-order chi connectivity index (χ1) is 8.41. The van der Waals surface area contributed by atoms with Gasteiger partial charge in [-0.1, -0.05) is 20.8 Å². The van der Waals surface area contributed by atoms with Gasteiger partial charge in [0.2, 0.25) is 0 Å². The molecule has 0 amide bonds. The van der Waals surface area contributed by atoms with Gasteiger partial charge in [-0.25, -0.2) is 0 Å². The van der Waals surface area contributed by atoms with Crippen LogP contribution in [0.3, 0.4) is 0 Å². The van der Waals surface area contributed by atoms with Gasteiger partial charge in [0.25, 0.3) is 0 Å². The lowest BCUT2D eigenvalue weighted by Gasteiger charge is -2.25. The first kappa shape index (κ1) is 15.5. The van der Waals surface area contributed by atoms with Crippen molar-refractivity contribution in [2.45, 2.75) is 84.5 Å². The van der Waals surface area contributed by atoms with Crippen molar-refractivity contribution in [2.75, 3.05) is 0 Å². The summed E-state index contributed by atoms with van der Waals surface area (Å²) in [5, 5.41) is 0. The summed E-state index contributed by atoms with van der Waals surface area (Å²) >= 11 is 0. The maximum atomic E-state index is 12.0. The third kappa shape index (κ3) is 4.27. The van der Waals surface area contributed by atoms with Crippen molar-refractivity contribution in [2.24, 2.45) is 5.92 Å². The Bertz CT molecular complexity index is 273. The van der Waals surface area contributed by atoms with E-state index in [4.69, 9.17) is 9.47 Å².